The highest BCUT2D eigenvalue weighted by Gasteiger charge is 2.27. The summed E-state index contributed by atoms with van der Waals surface area (Å²) in [6.45, 7) is 4.24. The molecule has 0 bridgehead atoms. The SMILES string of the molecule is CCOC(=O)c1ccc(-c2cc(-c3ccc(C)cc3)c3cccc(N4c5ccccc5Oc5ccccc54)c3n2)cc1. The molecule has 0 aliphatic carbocycles. The second-order valence-electron chi connectivity index (χ2n) is 10.3. The van der Waals surface area contributed by atoms with Crippen molar-refractivity contribution < 1.29 is 14.3 Å². The molecule has 0 fully saturated rings. The van der Waals surface area contributed by atoms with Crippen LogP contribution in [0.1, 0.15) is 22.8 Å². The summed E-state index contributed by atoms with van der Waals surface area (Å²) in [6.07, 6.45) is 0. The maximum atomic E-state index is 12.3. The number of fused-ring (bicyclic) bond motifs is 3. The molecule has 1 aliphatic heterocycles. The number of carbonyl (C=O) groups excluding carboxylic acids is 1. The van der Waals surface area contributed by atoms with Crippen molar-refractivity contribution in [3.63, 3.8) is 0 Å². The van der Waals surface area contributed by atoms with E-state index < -0.39 is 0 Å². The second kappa shape index (κ2) is 10.5. The third-order valence-electron chi connectivity index (χ3n) is 7.55. The quantitative estimate of drug-likeness (QED) is 0.200. The van der Waals surface area contributed by atoms with Crippen LogP contribution >= 0.6 is 0 Å². The Morgan fingerprint density at radius 2 is 1.36 bits per heavy atom. The fourth-order valence-corrected chi connectivity index (χ4v) is 5.49. The van der Waals surface area contributed by atoms with Gasteiger partial charge >= 0.3 is 5.97 Å². The Bertz CT molecular complexity index is 1900. The Morgan fingerprint density at radius 3 is 2.02 bits per heavy atom. The van der Waals surface area contributed by atoms with Crippen LogP contribution in [0, 0.1) is 6.92 Å². The number of aryl methyl sites for hydroxylation is 1. The van der Waals surface area contributed by atoms with E-state index in [9.17, 15) is 4.79 Å². The van der Waals surface area contributed by atoms with Gasteiger partial charge in [-0.1, -0.05) is 78.4 Å². The molecule has 0 amide bonds. The first-order chi connectivity index (χ1) is 20.6. The molecule has 0 N–H and O–H groups in total. The third kappa shape index (κ3) is 4.45. The van der Waals surface area contributed by atoms with Crippen LogP contribution in [0.4, 0.5) is 17.1 Å². The van der Waals surface area contributed by atoms with Gasteiger partial charge in [0.25, 0.3) is 0 Å². The van der Waals surface area contributed by atoms with Crippen LogP contribution in [0.2, 0.25) is 0 Å². The number of anilines is 3. The average Bonchev–Trinajstić information content (AvgIpc) is 3.03. The topological polar surface area (TPSA) is 51.7 Å². The minimum absolute atomic E-state index is 0.331. The van der Waals surface area contributed by atoms with Gasteiger partial charge in [-0.25, -0.2) is 9.78 Å². The molecule has 5 nitrogen and oxygen atoms in total. The van der Waals surface area contributed by atoms with Gasteiger partial charge in [-0.05, 0) is 73.5 Å². The summed E-state index contributed by atoms with van der Waals surface area (Å²) < 4.78 is 11.5. The number of esters is 1. The Balaban J connectivity index is 1.48. The van der Waals surface area contributed by atoms with E-state index >= 15 is 0 Å². The Kier molecular flexibility index (Phi) is 6.40. The molecule has 1 aliphatic rings. The van der Waals surface area contributed by atoms with E-state index in [-0.39, 0.29) is 5.97 Å². The monoisotopic (exact) mass is 548 g/mol. The molecule has 5 heteroatoms. The summed E-state index contributed by atoms with van der Waals surface area (Å²) in [4.78, 5) is 19.8. The van der Waals surface area contributed by atoms with Crippen molar-refractivity contribution in [2.75, 3.05) is 11.5 Å². The van der Waals surface area contributed by atoms with Crippen molar-refractivity contribution in [3.05, 3.63) is 132 Å². The van der Waals surface area contributed by atoms with Gasteiger partial charge in [0.05, 0.1) is 40.4 Å². The van der Waals surface area contributed by atoms with Crippen molar-refractivity contribution in [1.82, 2.24) is 4.98 Å². The average molecular weight is 549 g/mol. The highest BCUT2D eigenvalue weighted by Crippen LogP contribution is 2.51. The fourth-order valence-electron chi connectivity index (χ4n) is 5.49. The van der Waals surface area contributed by atoms with Crippen molar-refractivity contribution in [2.24, 2.45) is 0 Å². The summed E-state index contributed by atoms with van der Waals surface area (Å²) >= 11 is 0. The lowest BCUT2D eigenvalue weighted by molar-refractivity contribution is 0.0526. The van der Waals surface area contributed by atoms with Crippen LogP contribution in [-0.2, 0) is 4.74 Å². The molecule has 0 spiro atoms. The van der Waals surface area contributed by atoms with Gasteiger partial charge in [-0.15, -0.1) is 0 Å². The van der Waals surface area contributed by atoms with Gasteiger partial charge in [0.2, 0.25) is 0 Å². The zero-order chi connectivity index (χ0) is 28.6. The third-order valence-corrected chi connectivity index (χ3v) is 7.55. The van der Waals surface area contributed by atoms with Crippen molar-refractivity contribution in [2.45, 2.75) is 13.8 Å². The van der Waals surface area contributed by atoms with Gasteiger partial charge in [0.1, 0.15) is 0 Å². The number of hydrogen-bond acceptors (Lipinski definition) is 5. The summed E-state index contributed by atoms with van der Waals surface area (Å²) in [6, 6.07) is 40.7. The molecular weight excluding hydrogens is 520 g/mol. The predicted octanol–water partition coefficient (Wildman–Crippen LogP) is 9.63. The van der Waals surface area contributed by atoms with Crippen LogP contribution in [0.5, 0.6) is 11.5 Å². The van der Waals surface area contributed by atoms with E-state index in [4.69, 9.17) is 14.5 Å². The number of para-hydroxylation sites is 5. The maximum Gasteiger partial charge on any atom is 0.338 e. The lowest BCUT2D eigenvalue weighted by Crippen LogP contribution is -2.16. The van der Waals surface area contributed by atoms with Crippen LogP contribution in [0.15, 0.2) is 121 Å². The molecule has 5 aromatic carbocycles. The van der Waals surface area contributed by atoms with Crippen molar-refractivity contribution in [1.29, 1.82) is 0 Å². The number of ether oxygens (including phenoxy) is 2. The molecule has 0 saturated carbocycles. The van der Waals surface area contributed by atoms with Crippen LogP contribution in [0.3, 0.4) is 0 Å². The number of pyridine rings is 1. The molecule has 2 heterocycles. The lowest BCUT2D eigenvalue weighted by atomic mass is 9.96. The number of hydrogen-bond donors (Lipinski definition) is 0. The van der Waals surface area contributed by atoms with E-state index in [1.807, 2.05) is 48.5 Å². The second-order valence-corrected chi connectivity index (χ2v) is 10.3. The van der Waals surface area contributed by atoms with Gasteiger partial charge in [0, 0.05) is 10.9 Å². The molecule has 0 saturated heterocycles. The van der Waals surface area contributed by atoms with Gasteiger partial charge in [-0.3, -0.25) is 0 Å². The maximum absolute atomic E-state index is 12.3. The molecule has 7 rings (SSSR count). The van der Waals surface area contributed by atoms with Gasteiger partial charge in [-0.2, -0.15) is 0 Å². The Hall–Kier alpha value is -5.42. The standard InChI is InChI=1S/C37H28N2O3/c1-3-41-37(40)27-21-19-26(20-22-27)30-23-29(25-17-15-24(2)16-18-25)28-9-8-12-33(36(28)38-30)39-31-10-4-6-13-34(31)42-35-14-7-5-11-32(35)39/h4-23H,3H2,1-2H3. The molecular formula is C37H28N2O3. The molecule has 0 radical (unpaired) electrons. The number of nitrogens with zero attached hydrogens (tertiary/aromatic N) is 2. The molecule has 0 atom stereocenters. The van der Waals surface area contributed by atoms with E-state index in [1.165, 1.54) is 5.56 Å². The summed E-state index contributed by atoms with van der Waals surface area (Å²) in [7, 11) is 0. The summed E-state index contributed by atoms with van der Waals surface area (Å²) in [5, 5.41) is 1.05. The van der Waals surface area contributed by atoms with E-state index in [1.54, 1.807) is 19.1 Å². The van der Waals surface area contributed by atoms with E-state index in [0.29, 0.717) is 12.2 Å². The summed E-state index contributed by atoms with van der Waals surface area (Å²) in [5.41, 5.74) is 9.36. The Labute approximate surface area is 244 Å². The van der Waals surface area contributed by atoms with Crippen molar-refractivity contribution in [3.8, 4) is 33.9 Å². The number of rotatable bonds is 5. The highest BCUT2D eigenvalue weighted by atomic mass is 16.5. The molecule has 0 unspecified atom stereocenters. The molecule has 42 heavy (non-hydrogen) atoms. The molecule has 204 valence electrons. The van der Waals surface area contributed by atoms with E-state index in [2.05, 4.69) is 72.5 Å². The van der Waals surface area contributed by atoms with E-state index in [0.717, 1.165) is 61.8 Å². The molecule has 1 aromatic heterocycles. The first-order valence-corrected chi connectivity index (χ1v) is 14.0. The smallest absolute Gasteiger partial charge is 0.338 e. The predicted molar refractivity (Wildman–Crippen MR) is 168 cm³/mol. The Morgan fingerprint density at radius 1 is 0.738 bits per heavy atom. The van der Waals surface area contributed by atoms with Gasteiger partial charge in [0.15, 0.2) is 11.5 Å². The van der Waals surface area contributed by atoms with Crippen LogP contribution < -0.4 is 9.64 Å². The first-order valence-electron chi connectivity index (χ1n) is 14.0. The first kappa shape index (κ1) is 25.5. The lowest BCUT2D eigenvalue weighted by Gasteiger charge is -2.33. The minimum Gasteiger partial charge on any atom is -0.462 e. The normalized spacial score (nSPS) is 11.9. The zero-order valence-electron chi connectivity index (χ0n) is 23.4. The molecule has 6 aromatic rings. The number of carbonyl (C=O) groups is 1. The van der Waals surface area contributed by atoms with Crippen molar-refractivity contribution >= 4 is 33.9 Å². The largest absolute Gasteiger partial charge is 0.462 e. The van der Waals surface area contributed by atoms with Gasteiger partial charge < -0.3 is 14.4 Å². The zero-order valence-corrected chi connectivity index (χ0v) is 23.4. The fraction of sp³-hybridized carbons (Fsp3) is 0.0811. The number of benzene rings is 5. The van der Waals surface area contributed by atoms with Crippen LogP contribution in [-0.4, -0.2) is 17.6 Å². The highest BCUT2D eigenvalue weighted by molar-refractivity contribution is 6.06. The minimum atomic E-state index is -0.331. The van der Waals surface area contributed by atoms with Crippen LogP contribution in [0.25, 0.3) is 33.3 Å². The summed E-state index contributed by atoms with van der Waals surface area (Å²) in [5.74, 6) is 1.25. The number of aromatic nitrogens is 1.